The molecule has 146 valence electrons. The van der Waals surface area contributed by atoms with Crippen molar-refractivity contribution in [3.63, 3.8) is 0 Å². The highest BCUT2D eigenvalue weighted by Crippen LogP contribution is 2.18. The summed E-state index contributed by atoms with van der Waals surface area (Å²) < 4.78 is 11.2. The summed E-state index contributed by atoms with van der Waals surface area (Å²) in [5.41, 5.74) is 1.46. The lowest BCUT2D eigenvalue weighted by molar-refractivity contribution is -0.132. The molecule has 1 aromatic rings. The summed E-state index contributed by atoms with van der Waals surface area (Å²) in [5, 5.41) is 24.3. The number of allylic oxidation sites excluding steroid dienone is 1. The van der Waals surface area contributed by atoms with E-state index in [9.17, 15) is 4.79 Å². The number of hydrogen-bond acceptors (Lipinski definition) is 6. The van der Waals surface area contributed by atoms with Crippen LogP contribution in [0.2, 0.25) is 0 Å². The van der Waals surface area contributed by atoms with E-state index in [-0.39, 0.29) is 37.0 Å². The average Bonchev–Trinajstić information content (AvgIpc) is 3.12. The van der Waals surface area contributed by atoms with Crippen LogP contribution in [0.25, 0.3) is 0 Å². The molecule has 7 nitrogen and oxygen atoms in total. The van der Waals surface area contributed by atoms with Gasteiger partial charge in [0.05, 0.1) is 13.2 Å². The Morgan fingerprint density at radius 3 is 2.67 bits per heavy atom. The predicted octanol–water partition coefficient (Wildman–Crippen LogP) is 2.38. The number of nitrogens with one attached hydrogen (secondary N) is 2. The molecule has 1 atom stereocenters. The van der Waals surface area contributed by atoms with Crippen molar-refractivity contribution in [1.29, 1.82) is 10.8 Å². The molecular formula is C20H27N3O4. The van der Waals surface area contributed by atoms with Gasteiger partial charge < -0.3 is 24.9 Å². The van der Waals surface area contributed by atoms with E-state index in [2.05, 4.69) is 0 Å². The van der Waals surface area contributed by atoms with E-state index in [0.717, 1.165) is 11.8 Å². The second-order valence-electron chi connectivity index (χ2n) is 6.73. The number of ether oxygens (including phenoxy) is 2. The third-order valence-electron chi connectivity index (χ3n) is 4.40. The van der Waals surface area contributed by atoms with Crippen LogP contribution in [0.3, 0.4) is 0 Å². The first-order valence-corrected chi connectivity index (χ1v) is 9.01. The van der Waals surface area contributed by atoms with Crippen LogP contribution >= 0.6 is 0 Å². The lowest BCUT2D eigenvalue weighted by atomic mass is 10.0. The Balaban J connectivity index is 1.82. The number of carbonyl (C=O) groups excluding carboxylic acids is 1. The molecule has 1 heterocycles. The molecule has 0 aromatic heterocycles. The molecule has 0 aliphatic carbocycles. The van der Waals surface area contributed by atoms with E-state index in [0.29, 0.717) is 30.8 Å². The van der Waals surface area contributed by atoms with Gasteiger partial charge in [-0.15, -0.1) is 0 Å². The molecule has 0 saturated carbocycles. The summed E-state index contributed by atoms with van der Waals surface area (Å²) in [6, 6.07) is 6.94. The zero-order valence-electron chi connectivity index (χ0n) is 15.8. The van der Waals surface area contributed by atoms with E-state index < -0.39 is 0 Å². The number of aliphatic hydroxyl groups is 1. The normalized spacial score (nSPS) is 17.1. The first-order chi connectivity index (χ1) is 12.9. The highest BCUT2D eigenvalue weighted by atomic mass is 16.5. The molecule has 1 aliphatic rings. The van der Waals surface area contributed by atoms with Crippen LogP contribution in [0.5, 0.6) is 5.75 Å². The van der Waals surface area contributed by atoms with Gasteiger partial charge in [-0.3, -0.25) is 10.2 Å². The molecule has 7 heteroatoms. The molecule has 1 amide bonds. The van der Waals surface area contributed by atoms with Gasteiger partial charge in [-0.25, -0.2) is 0 Å². The molecule has 27 heavy (non-hydrogen) atoms. The fraction of sp³-hybridized carbons (Fsp3) is 0.450. The molecule has 2 rings (SSSR count). The summed E-state index contributed by atoms with van der Waals surface area (Å²) in [4.78, 5) is 14.0. The fourth-order valence-corrected chi connectivity index (χ4v) is 2.83. The largest absolute Gasteiger partial charge is 0.484 e. The van der Waals surface area contributed by atoms with Gasteiger partial charge in [-0.05, 0) is 29.7 Å². The Morgan fingerprint density at radius 2 is 2.07 bits per heavy atom. The van der Waals surface area contributed by atoms with Gasteiger partial charge in [0.25, 0.3) is 5.91 Å². The van der Waals surface area contributed by atoms with Gasteiger partial charge in [0.15, 0.2) is 6.61 Å². The highest BCUT2D eigenvalue weighted by molar-refractivity contribution is 5.95. The molecule has 1 saturated heterocycles. The standard InChI is InChI=1S/C20H27N3O4/c1-14(2)18(7-9-21)20(22)27-17-8-10-23(11-17)19(25)13-26-16-5-3-15(12-24)4-6-16/h3-7,9,14,17,21-22,24H,8,10-13H2,1-2H3/b18-7-,21-9?,22-20?. The Labute approximate surface area is 159 Å². The zero-order chi connectivity index (χ0) is 19.8. The Morgan fingerprint density at radius 1 is 1.37 bits per heavy atom. The van der Waals surface area contributed by atoms with Gasteiger partial charge in [0.2, 0.25) is 5.90 Å². The van der Waals surface area contributed by atoms with Crippen LogP contribution in [-0.2, 0) is 16.1 Å². The molecule has 1 unspecified atom stereocenters. The van der Waals surface area contributed by atoms with Crippen LogP contribution in [-0.4, -0.2) is 53.8 Å². The van der Waals surface area contributed by atoms with Gasteiger partial charge in [0.1, 0.15) is 11.9 Å². The van der Waals surface area contributed by atoms with Crippen LogP contribution in [0, 0.1) is 16.7 Å². The number of benzene rings is 1. The van der Waals surface area contributed by atoms with Crippen molar-refractivity contribution in [2.75, 3.05) is 19.7 Å². The summed E-state index contributed by atoms with van der Waals surface area (Å²) in [5.74, 6) is 0.600. The van der Waals surface area contributed by atoms with Gasteiger partial charge in [-0.2, -0.15) is 0 Å². The van der Waals surface area contributed by atoms with Crippen LogP contribution < -0.4 is 4.74 Å². The van der Waals surface area contributed by atoms with Crippen LogP contribution in [0.4, 0.5) is 0 Å². The lowest BCUT2D eigenvalue weighted by Crippen LogP contribution is -2.34. The van der Waals surface area contributed by atoms with Gasteiger partial charge in [-0.1, -0.05) is 26.0 Å². The number of hydrogen-bond donors (Lipinski definition) is 3. The Kier molecular flexibility index (Phi) is 7.55. The third-order valence-corrected chi connectivity index (χ3v) is 4.40. The maximum atomic E-state index is 12.3. The first kappa shape index (κ1) is 20.6. The maximum Gasteiger partial charge on any atom is 0.260 e. The molecular weight excluding hydrogens is 346 g/mol. The number of carbonyl (C=O) groups is 1. The van der Waals surface area contributed by atoms with Crippen LogP contribution in [0.15, 0.2) is 35.9 Å². The van der Waals surface area contributed by atoms with E-state index in [4.69, 9.17) is 25.4 Å². The molecule has 1 aromatic carbocycles. The van der Waals surface area contributed by atoms with Gasteiger partial charge in [0, 0.05) is 24.8 Å². The smallest absolute Gasteiger partial charge is 0.260 e. The van der Waals surface area contributed by atoms with E-state index >= 15 is 0 Å². The zero-order valence-corrected chi connectivity index (χ0v) is 15.8. The quantitative estimate of drug-likeness (QED) is 0.480. The first-order valence-electron chi connectivity index (χ1n) is 9.01. The fourth-order valence-electron chi connectivity index (χ4n) is 2.83. The van der Waals surface area contributed by atoms with Crippen LogP contribution in [0.1, 0.15) is 25.8 Å². The predicted molar refractivity (Wildman–Crippen MR) is 103 cm³/mol. The van der Waals surface area contributed by atoms with Crippen molar-refractivity contribution >= 4 is 18.0 Å². The second kappa shape index (κ2) is 9.87. The van der Waals surface area contributed by atoms with E-state index in [1.807, 2.05) is 13.8 Å². The lowest BCUT2D eigenvalue weighted by Gasteiger charge is -2.19. The second-order valence-corrected chi connectivity index (χ2v) is 6.73. The molecule has 0 bridgehead atoms. The van der Waals surface area contributed by atoms with E-state index in [1.165, 1.54) is 0 Å². The molecule has 3 N–H and O–H groups in total. The van der Waals surface area contributed by atoms with E-state index in [1.54, 1.807) is 35.2 Å². The minimum atomic E-state index is -0.224. The van der Waals surface area contributed by atoms with Crippen molar-refractivity contribution in [3.8, 4) is 5.75 Å². The molecule has 0 spiro atoms. The van der Waals surface area contributed by atoms with Crippen molar-refractivity contribution in [3.05, 3.63) is 41.5 Å². The monoisotopic (exact) mass is 373 g/mol. The number of likely N-dealkylation sites (tertiary alicyclic amines) is 1. The average molecular weight is 373 g/mol. The molecule has 0 radical (unpaired) electrons. The molecule has 1 fully saturated rings. The number of amides is 1. The highest BCUT2D eigenvalue weighted by Gasteiger charge is 2.29. The number of aliphatic hydroxyl groups excluding tert-OH is 1. The molecule has 1 aliphatic heterocycles. The topological polar surface area (TPSA) is 107 Å². The van der Waals surface area contributed by atoms with Crippen molar-refractivity contribution in [1.82, 2.24) is 4.90 Å². The number of nitrogens with zero attached hydrogens (tertiary/aromatic N) is 1. The van der Waals surface area contributed by atoms with Crippen molar-refractivity contribution in [2.24, 2.45) is 5.92 Å². The number of rotatable bonds is 8. The maximum absolute atomic E-state index is 12.3. The Hall–Kier alpha value is -2.67. The van der Waals surface area contributed by atoms with Crippen molar-refractivity contribution < 1.29 is 19.4 Å². The minimum absolute atomic E-state index is 0.0308. The summed E-state index contributed by atoms with van der Waals surface area (Å²) in [6.07, 6.45) is 3.16. The summed E-state index contributed by atoms with van der Waals surface area (Å²) in [6.45, 7) is 4.79. The SMILES string of the molecule is CC(C)/C(=C/C=N)C(=N)OC1CCN(C(=O)COc2ccc(CO)cc2)C1. The third kappa shape index (κ3) is 5.92. The van der Waals surface area contributed by atoms with Gasteiger partial charge >= 0.3 is 0 Å². The minimum Gasteiger partial charge on any atom is -0.484 e. The summed E-state index contributed by atoms with van der Waals surface area (Å²) in [7, 11) is 0. The summed E-state index contributed by atoms with van der Waals surface area (Å²) >= 11 is 0. The van der Waals surface area contributed by atoms with Crippen molar-refractivity contribution in [2.45, 2.75) is 33.0 Å². The Bertz CT molecular complexity index is 698.